The molecule has 3 amide bonds. The number of carbonyl (C=O) groups is 3. The number of imidazole rings is 2. The van der Waals surface area contributed by atoms with Crippen LogP contribution in [0.25, 0.3) is 44.7 Å². The summed E-state index contributed by atoms with van der Waals surface area (Å²) in [5.41, 5.74) is 8.89. The van der Waals surface area contributed by atoms with Crippen molar-refractivity contribution in [2.24, 2.45) is 11.8 Å². The number of nitrogens with one attached hydrogen (secondary N) is 4. The molecule has 3 aliphatic heterocycles. The molecule has 0 radical (unpaired) electrons. The van der Waals surface area contributed by atoms with Crippen molar-refractivity contribution < 1.29 is 28.6 Å². The number of fused-ring (bicyclic) bond motifs is 5. The Morgan fingerprint density at radius 2 is 1.59 bits per heavy atom. The summed E-state index contributed by atoms with van der Waals surface area (Å²) < 4.78 is 19.3. The van der Waals surface area contributed by atoms with Gasteiger partial charge in [-0.25, -0.2) is 19.6 Å². The van der Waals surface area contributed by atoms with Gasteiger partial charge >= 0.3 is 12.2 Å². The van der Waals surface area contributed by atoms with E-state index in [1.54, 1.807) is 4.90 Å². The highest BCUT2D eigenvalue weighted by Gasteiger charge is 2.40. The maximum absolute atomic E-state index is 13.9. The molecule has 7 heterocycles. The summed E-state index contributed by atoms with van der Waals surface area (Å²) in [6, 6.07) is 16.5. The minimum atomic E-state index is -0.754. The van der Waals surface area contributed by atoms with E-state index in [9.17, 15) is 14.4 Å². The molecular weight excluding hydrogens is 879 g/mol. The van der Waals surface area contributed by atoms with E-state index in [-0.39, 0.29) is 36.1 Å². The van der Waals surface area contributed by atoms with Crippen LogP contribution in [0.3, 0.4) is 0 Å². The summed E-state index contributed by atoms with van der Waals surface area (Å²) in [7, 11) is 2.69. The first-order chi connectivity index (χ1) is 32.8. The van der Waals surface area contributed by atoms with Crippen molar-refractivity contribution in [3.63, 3.8) is 0 Å². The van der Waals surface area contributed by atoms with E-state index in [0.29, 0.717) is 31.3 Å². The number of H-pyrrole nitrogens is 2. The van der Waals surface area contributed by atoms with Crippen molar-refractivity contribution in [2.45, 2.75) is 103 Å². The van der Waals surface area contributed by atoms with Gasteiger partial charge in [0.15, 0.2) is 0 Å². The Hall–Kier alpha value is -6.39. The first-order valence-electron chi connectivity index (χ1n) is 23.9. The lowest BCUT2D eigenvalue weighted by Crippen LogP contribution is -2.51. The maximum Gasteiger partial charge on any atom is 0.407 e. The predicted molar refractivity (Wildman–Crippen MR) is 262 cm³/mol. The number of likely N-dealkylation sites (tertiary alicyclic amines) is 2. The van der Waals surface area contributed by atoms with Crippen LogP contribution in [-0.2, 0) is 14.3 Å². The van der Waals surface area contributed by atoms with Crippen molar-refractivity contribution in [1.29, 1.82) is 0 Å². The van der Waals surface area contributed by atoms with Gasteiger partial charge in [-0.3, -0.25) is 14.3 Å². The van der Waals surface area contributed by atoms with Crippen LogP contribution < -0.4 is 15.4 Å². The molecule has 15 nitrogen and oxygen atoms in total. The number of hydrogen-bond donors (Lipinski definition) is 4. The quantitative estimate of drug-likeness (QED) is 0.0823. The number of rotatable bonds is 13. The van der Waals surface area contributed by atoms with Crippen molar-refractivity contribution in [1.82, 2.24) is 44.9 Å². The lowest BCUT2D eigenvalue weighted by atomic mass is 9.98. The second-order valence-corrected chi connectivity index (χ2v) is 20.7. The maximum atomic E-state index is 13.9. The Bertz CT molecular complexity index is 2900. The van der Waals surface area contributed by atoms with Gasteiger partial charge in [-0.15, -0.1) is 11.3 Å². The summed E-state index contributed by atoms with van der Waals surface area (Å²) >= 11 is 1.84. The van der Waals surface area contributed by atoms with Gasteiger partial charge in [-0.05, 0) is 117 Å². The predicted octanol–water partition coefficient (Wildman–Crippen LogP) is 10.0. The van der Waals surface area contributed by atoms with Crippen LogP contribution >= 0.6 is 11.3 Å². The fourth-order valence-electron chi connectivity index (χ4n) is 10.3. The molecule has 6 aromatic rings. The number of amides is 3. The number of aromatic nitrogens is 5. The van der Waals surface area contributed by atoms with E-state index in [1.165, 1.54) is 31.9 Å². The highest BCUT2D eigenvalue weighted by atomic mass is 32.1. The molecule has 2 aromatic carbocycles. The molecule has 0 bridgehead atoms. The molecule has 356 valence electrons. The van der Waals surface area contributed by atoms with Gasteiger partial charge in [0.05, 0.1) is 60.1 Å². The second kappa shape index (κ2) is 18.3. The number of hydrogen-bond acceptors (Lipinski definition) is 10. The average Bonchev–Trinajstić information content (AvgIpc) is 4.01. The number of aromatic amines is 2. The lowest BCUT2D eigenvalue weighted by molar-refractivity contribution is -0.135. The van der Waals surface area contributed by atoms with Crippen LogP contribution in [0.15, 0.2) is 73.1 Å². The summed E-state index contributed by atoms with van der Waals surface area (Å²) in [5.74, 6) is 2.89. The Balaban J connectivity index is 0.965. The van der Waals surface area contributed by atoms with Crippen molar-refractivity contribution >= 4 is 40.3 Å². The molecule has 4 aliphatic rings. The summed E-state index contributed by atoms with van der Waals surface area (Å²) in [5, 5.41) is 6.82. The number of nitrogens with zero attached hydrogens (tertiary/aromatic N) is 5. The third-order valence-corrected chi connectivity index (χ3v) is 15.5. The molecule has 1 aliphatic carbocycles. The third-order valence-electron chi connectivity index (χ3n) is 14.3. The van der Waals surface area contributed by atoms with E-state index in [4.69, 9.17) is 24.2 Å². The number of aryl methyl sites for hydroxylation is 1. The zero-order chi connectivity index (χ0) is 47.5. The highest BCUT2D eigenvalue weighted by molar-refractivity contribution is 7.12. The molecule has 4 N–H and O–H groups in total. The number of carbonyl (C=O) groups excluding carboxylic acids is 3. The fourth-order valence-corrected chi connectivity index (χ4v) is 11.6. The van der Waals surface area contributed by atoms with Crippen molar-refractivity contribution in [3.8, 4) is 39.5 Å². The molecule has 68 heavy (non-hydrogen) atoms. The van der Waals surface area contributed by atoms with Gasteiger partial charge in [-0.1, -0.05) is 40.3 Å². The SMILES string of the molecule is C=C1CCN(C(=O)C(NC(=O)OC)C(C)C)C1c1ncc(-c2ccc3c(c2)cc2n3C(c3ccc(C4CC4)s3)Oc3cc(-c4cnc(C5CCCN5CC(NC(=O)OC)C(C)C)[nH]4)cc(C)c3-2)[nH]1. The molecular formula is C52H61N9O6S. The molecule has 5 unspecified atom stereocenters. The topological polar surface area (TPSA) is 172 Å². The van der Waals surface area contributed by atoms with Crippen LogP contribution in [0.4, 0.5) is 9.59 Å². The monoisotopic (exact) mass is 939 g/mol. The number of thiophene rings is 1. The minimum Gasteiger partial charge on any atom is -0.464 e. The van der Waals surface area contributed by atoms with Crippen LogP contribution in [0.2, 0.25) is 0 Å². The first-order valence-corrected chi connectivity index (χ1v) is 24.7. The van der Waals surface area contributed by atoms with Gasteiger partial charge in [0.2, 0.25) is 12.1 Å². The summed E-state index contributed by atoms with van der Waals surface area (Å²) in [6.07, 6.45) is 7.46. The van der Waals surface area contributed by atoms with Gasteiger partial charge in [0.25, 0.3) is 0 Å². The molecule has 4 aromatic heterocycles. The van der Waals surface area contributed by atoms with Crippen LogP contribution in [0.1, 0.15) is 111 Å². The van der Waals surface area contributed by atoms with E-state index in [0.717, 1.165) is 91.6 Å². The van der Waals surface area contributed by atoms with E-state index >= 15 is 0 Å². The van der Waals surface area contributed by atoms with Crippen molar-refractivity contribution in [2.75, 3.05) is 33.9 Å². The van der Waals surface area contributed by atoms with Crippen LogP contribution in [0.5, 0.6) is 5.75 Å². The smallest absolute Gasteiger partial charge is 0.407 e. The molecule has 0 spiro atoms. The van der Waals surface area contributed by atoms with Crippen molar-refractivity contribution in [3.05, 3.63) is 100 Å². The number of alkyl carbamates (subject to hydrolysis) is 2. The number of methoxy groups -OCH3 is 2. The van der Waals surface area contributed by atoms with E-state index in [1.807, 2.05) is 37.6 Å². The van der Waals surface area contributed by atoms with Gasteiger partial charge < -0.3 is 39.7 Å². The molecule has 2 saturated heterocycles. The third kappa shape index (κ3) is 8.46. The highest BCUT2D eigenvalue weighted by Crippen LogP contribution is 2.50. The van der Waals surface area contributed by atoms with Gasteiger partial charge in [-0.2, -0.15) is 0 Å². The van der Waals surface area contributed by atoms with Gasteiger partial charge in [0.1, 0.15) is 29.5 Å². The molecule has 16 heteroatoms. The normalized spacial score (nSPS) is 20.1. The molecule has 1 saturated carbocycles. The largest absolute Gasteiger partial charge is 0.464 e. The molecule has 5 atom stereocenters. The minimum absolute atomic E-state index is 0.0505. The van der Waals surface area contributed by atoms with Crippen LogP contribution in [-0.4, -0.2) is 98.3 Å². The Kier molecular flexibility index (Phi) is 12.2. The van der Waals surface area contributed by atoms with E-state index in [2.05, 4.69) is 106 Å². The number of ether oxygens (including phenoxy) is 3. The molecule has 3 fully saturated rings. The van der Waals surface area contributed by atoms with Crippen LogP contribution in [0, 0.1) is 18.8 Å². The first kappa shape index (κ1) is 45.4. The Morgan fingerprint density at radius 3 is 2.32 bits per heavy atom. The fraction of sp³-hybridized carbons (Fsp3) is 0.442. The number of benzene rings is 2. The average molecular weight is 940 g/mol. The second-order valence-electron chi connectivity index (χ2n) is 19.5. The zero-order valence-corrected chi connectivity index (χ0v) is 40.7. The van der Waals surface area contributed by atoms with Gasteiger partial charge in [0, 0.05) is 46.1 Å². The summed E-state index contributed by atoms with van der Waals surface area (Å²) in [6.45, 7) is 16.6. The molecule has 10 rings (SSSR count). The summed E-state index contributed by atoms with van der Waals surface area (Å²) in [4.78, 5) is 62.0. The Labute approximate surface area is 400 Å². The standard InChI is InChI=1S/C52H61N9O6S/c1-27(2)37(57-51(63)65-7)26-59-18-9-10-39(59)47-53-25-36(55-47)33-20-30(6)44-40-22-34-21-32(13-14-38(34)61(40)50(67-41(44)23-33)43-16-15-42(68-43)31-11-12-31)35-24-54-48(56-35)46-29(5)17-19-60(46)49(62)45(28(3)4)58-52(64)66-8/h13-16,20-25,27-28,31,37,39,45-46,50H,5,9-12,17-19,26H2,1-4,6-8H3,(H,53,55)(H,54,56)(H,57,63)(H,58,64). The Morgan fingerprint density at radius 1 is 0.868 bits per heavy atom. The zero-order valence-electron chi connectivity index (χ0n) is 39.9. The lowest BCUT2D eigenvalue weighted by Gasteiger charge is -2.31. The van der Waals surface area contributed by atoms with E-state index < -0.39 is 24.3 Å².